The number of hydrogen-bond donors (Lipinski definition) is 1. The van der Waals surface area contributed by atoms with Crippen LogP contribution >= 0.6 is 0 Å². The second-order valence-electron chi connectivity index (χ2n) is 8.03. The minimum Gasteiger partial charge on any atom is -0.508 e. The Morgan fingerprint density at radius 2 is 1.90 bits per heavy atom. The summed E-state index contributed by atoms with van der Waals surface area (Å²) in [6.07, 6.45) is 2.37. The molecule has 5 rings (SSSR count). The number of carbonyl (C=O) groups excluding carboxylic acids is 1. The zero-order valence-corrected chi connectivity index (χ0v) is 16.3. The van der Waals surface area contributed by atoms with Crippen molar-refractivity contribution in [3.8, 4) is 5.75 Å². The molecule has 0 aliphatic carbocycles. The van der Waals surface area contributed by atoms with Crippen molar-refractivity contribution in [1.29, 1.82) is 0 Å². The standard InChI is InChI=1S/C25H24N2O2/c1-2-25(29)27-15-21(16-27)17-7-8-20-14-26(10-9-18(20)11-17)24-13-22(28)12-19-5-3-4-6-23(19)24/h2-8,11-13,21,28H,1,9-10,14-16H2. The molecule has 1 N–H and O–H groups in total. The maximum Gasteiger partial charge on any atom is 0.245 e. The highest BCUT2D eigenvalue weighted by Crippen LogP contribution is 2.35. The molecule has 3 aromatic rings. The maximum atomic E-state index is 11.7. The van der Waals surface area contributed by atoms with Gasteiger partial charge in [0.2, 0.25) is 5.91 Å². The summed E-state index contributed by atoms with van der Waals surface area (Å²) in [5.74, 6) is 0.758. The number of anilines is 1. The molecular weight excluding hydrogens is 360 g/mol. The molecule has 1 saturated heterocycles. The lowest BCUT2D eigenvalue weighted by atomic mass is 9.87. The van der Waals surface area contributed by atoms with Gasteiger partial charge in [-0.25, -0.2) is 0 Å². The van der Waals surface area contributed by atoms with E-state index < -0.39 is 0 Å². The van der Waals surface area contributed by atoms with E-state index in [1.165, 1.54) is 28.2 Å². The van der Waals surface area contributed by atoms with Gasteiger partial charge in [0, 0.05) is 49.2 Å². The van der Waals surface area contributed by atoms with Crippen molar-refractivity contribution in [3.05, 3.63) is 83.9 Å². The topological polar surface area (TPSA) is 43.8 Å². The molecule has 2 aliphatic rings. The highest BCUT2D eigenvalue weighted by Gasteiger charge is 2.31. The number of benzene rings is 3. The Morgan fingerprint density at radius 3 is 2.72 bits per heavy atom. The number of aromatic hydroxyl groups is 1. The Labute approximate surface area is 170 Å². The third kappa shape index (κ3) is 3.15. The van der Waals surface area contributed by atoms with E-state index >= 15 is 0 Å². The van der Waals surface area contributed by atoms with Crippen molar-refractivity contribution in [1.82, 2.24) is 4.90 Å². The minimum atomic E-state index is 0.0215. The van der Waals surface area contributed by atoms with E-state index in [4.69, 9.17) is 0 Å². The number of nitrogens with zero attached hydrogens (tertiary/aromatic N) is 2. The first-order valence-electron chi connectivity index (χ1n) is 10.1. The van der Waals surface area contributed by atoms with Gasteiger partial charge >= 0.3 is 0 Å². The Bertz CT molecular complexity index is 1120. The van der Waals surface area contributed by atoms with E-state index in [1.807, 2.05) is 35.2 Å². The molecule has 2 aliphatic heterocycles. The van der Waals surface area contributed by atoms with E-state index in [-0.39, 0.29) is 5.91 Å². The van der Waals surface area contributed by atoms with Crippen molar-refractivity contribution in [2.75, 3.05) is 24.5 Å². The van der Waals surface area contributed by atoms with Gasteiger partial charge in [0.05, 0.1) is 0 Å². The summed E-state index contributed by atoms with van der Waals surface area (Å²) in [4.78, 5) is 15.9. The van der Waals surface area contributed by atoms with E-state index in [0.29, 0.717) is 11.7 Å². The Kier molecular flexibility index (Phi) is 4.27. The van der Waals surface area contributed by atoms with Crippen LogP contribution in [0.2, 0.25) is 0 Å². The second kappa shape index (κ2) is 6.96. The van der Waals surface area contributed by atoms with Crippen LogP contribution in [-0.2, 0) is 17.8 Å². The second-order valence-corrected chi connectivity index (χ2v) is 8.03. The molecule has 0 unspecified atom stereocenters. The average molecular weight is 384 g/mol. The number of phenols is 1. The van der Waals surface area contributed by atoms with Crippen LogP contribution < -0.4 is 4.90 Å². The predicted molar refractivity (Wildman–Crippen MR) is 116 cm³/mol. The number of amides is 1. The largest absolute Gasteiger partial charge is 0.508 e. The molecular formula is C25H24N2O2. The lowest BCUT2D eigenvalue weighted by molar-refractivity contribution is -0.130. The number of hydrogen-bond acceptors (Lipinski definition) is 3. The van der Waals surface area contributed by atoms with Gasteiger partial charge in [0.15, 0.2) is 0 Å². The summed E-state index contributed by atoms with van der Waals surface area (Å²) in [7, 11) is 0. The lowest BCUT2D eigenvalue weighted by Crippen LogP contribution is -2.47. The number of fused-ring (bicyclic) bond motifs is 2. The van der Waals surface area contributed by atoms with E-state index in [2.05, 4.69) is 35.7 Å². The Balaban J connectivity index is 1.38. The summed E-state index contributed by atoms with van der Waals surface area (Å²) in [6.45, 7) is 6.90. The van der Waals surface area contributed by atoms with E-state index in [9.17, 15) is 9.90 Å². The quantitative estimate of drug-likeness (QED) is 0.688. The fraction of sp³-hybridized carbons (Fsp3) is 0.240. The Morgan fingerprint density at radius 1 is 1.07 bits per heavy atom. The first-order valence-corrected chi connectivity index (χ1v) is 10.1. The summed E-state index contributed by atoms with van der Waals surface area (Å²) < 4.78 is 0. The molecule has 1 amide bonds. The highest BCUT2D eigenvalue weighted by molar-refractivity contribution is 5.95. The van der Waals surface area contributed by atoms with Crippen molar-refractivity contribution in [2.45, 2.75) is 18.9 Å². The van der Waals surface area contributed by atoms with Crippen LogP contribution in [0.4, 0.5) is 5.69 Å². The first-order chi connectivity index (χ1) is 14.1. The summed E-state index contributed by atoms with van der Waals surface area (Å²) in [5, 5.41) is 12.4. The van der Waals surface area contributed by atoms with Crippen LogP contribution in [0.25, 0.3) is 10.8 Å². The van der Waals surface area contributed by atoms with Gasteiger partial charge in [-0.2, -0.15) is 0 Å². The number of likely N-dealkylation sites (tertiary alicyclic amines) is 1. The SMILES string of the molecule is C=CC(=O)N1CC(c2ccc3c(c2)CCN(c2cc(O)cc4ccccc24)C3)C1. The van der Waals surface area contributed by atoms with Gasteiger partial charge in [-0.3, -0.25) is 4.79 Å². The summed E-state index contributed by atoms with van der Waals surface area (Å²) in [6, 6.07) is 18.7. The molecule has 29 heavy (non-hydrogen) atoms. The number of carbonyl (C=O) groups is 1. The fourth-order valence-corrected chi connectivity index (χ4v) is 4.57. The molecule has 2 heterocycles. The molecule has 1 fully saturated rings. The predicted octanol–water partition coefficient (Wildman–Crippen LogP) is 4.22. The van der Waals surface area contributed by atoms with Crippen LogP contribution in [0.3, 0.4) is 0 Å². The molecule has 0 atom stereocenters. The average Bonchev–Trinajstić information content (AvgIpc) is 2.71. The molecule has 3 aromatic carbocycles. The normalized spacial score (nSPS) is 16.4. The first kappa shape index (κ1) is 17.8. The van der Waals surface area contributed by atoms with Gasteiger partial charge in [0.25, 0.3) is 0 Å². The zero-order valence-electron chi connectivity index (χ0n) is 16.3. The molecule has 0 bridgehead atoms. The van der Waals surface area contributed by atoms with E-state index in [1.54, 1.807) is 0 Å². The summed E-state index contributed by atoms with van der Waals surface area (Å²) in [5.41, 5.74) is 5.16. The third-order valence-electron chi connectivity index (χ3n) is 6.25. The maximum absolute atomic E-state index is 11.7. The van der Waals surface area contributed by atoms with Gasteiger partial charge in [-0.05, 0) is 40.6 Å². The molecule has 0 radical (unpaired) electrons. The molecule has 4 heteroatoms. The minimum absolute atomic E-state index is 0.0215. The van der Waals surface area contributed by atoms with Crippen molar-refractivity contribution in [2.24, 2.45) is 0 Å². The molecule has 0 spiro atoms. The molecule has 0 aromatic heterocycles. The fourth-order valence-electron chi connectivity index (χ4n) is 4.57. The van der Waals surface area contributed by atoms with Gasteiger partial charge in [0.1, 0.15) is 5.75 Å². The molecule has 0 saturated carbocycles. The third-order valence-corrected chi connectivity index (χ3v) is 6.25. The summed E-state index contributed by atoms with van der Waals surface area (Å²) >= 11 is 0. The van der Waals surface area contributed by atoms with Crippen LogP contribution in [0, 0.1) is 0 Å². The molecule has 146 valence electrons. The molecule has 4 nitrogen and oxygen atoms in total. The van der Waals surface area contributed by atoms with Crippen LogP contribution in [0.15, 0.2) is 67.3 Å². The highest BCUT2D eigenvalue weighted by atomic mass is 16.3. The Hall–Kier alpha value is -3.27. The number of phenolic OH excluding ortho intramolecular Hbond substituents is 1. The smallest absolute Gasteiger partial charge is 0.245 e. The van der Waals surface area contributed by atoms with Crippen molar-refractivity contribution in [3.63, 3.8) is 0 Å². The van der Waals surface area contributed by atoms with Crippen LogP contribution in [0.5, 0.6) is 5.75 Å². The van der Waals surface area contributed by atoms with Gasteiger partial charge in [-0.15, -0.1) is 0 Å². The van der Waals surface area contributed by atoms with Crippen LogP contribution in [-0.4, -0.2) is 35.5 Å². The van der Waals surface area contributed by atoms with Gasteiger partial charge < -0.3 is 14.9 Å². The van der Waals surface area contributed by atoms with E-state index in [0.717, 1.165) is 43.7 Å². The monoisotopic (exact) mass is 384 g/mol. The number of rotatable bonds is 3. The lowest BCUT2D eigenvalue weighted by Gasteiger charge is -2.39. The van der Waals surface area contributed by atoms with Crippen LogP contribution in [0.1, 0.15) is 22.6 Å². The van der Waals surface area contributed by atoms with Gasteiger partial charge in [-0.1, -0.05) is 49.0 Å². The zero-order chi connectivity index (χ0) is 20.0. The van der Waals surface area contributed by atoms with Crippen molar-refractivity contribution >= 4 is 22.4 Å². The van der Waals surface area contributed by atoms with Crippen molar-refractivity contribution < 1.29 is 9.90 Å².